The highest BCUT2D eigenvalue weighted by molar-refractivity contribution is 8.14. The van der Waals surface area contributed by atoms with Crippen molar-refractivity contribution in [2.24, 2.45) is 4.99 Å². The molecule has 246 valence electrons. The molecule has 2 amide bonds. The summed E-state index contributed by atoms with van der Waals surface area (Å²) in [6, 6.07) is 18.5. The van der Waals surface area contributed by atoms with E-state index in [0.29, 0.717) is 22.4 Å². The molecule has 5 rings (SSSR count). The number of allylic oxidation sites excluding steroid dienone is 1. The van der Waals surface area contributed by atoms with E-state index in [4.69, 9.17) is 4.74 Å². The number of amides is 2. The molecule has 1 aliphatic heterocycles. The number of carbonyl (C=O) groups is 1. The van der Waals surface area contributed by atoms with Crippen LogP contribution in [0.5, 0.6) is 11.5 Å². The van der Waals surface area contributed by atoms with Gasteiger partial charge in [0.15, 0.2) is 11.0 Å². The lowest BCUT2D eigenvalue weighted by molar-refractivity contribution is -0.274. The van der Waals surface area contributed by atoms with Gasteiger partial charge in [-0.05, 0) is 85.9 Å². The number of urea groups is 1. The number of halogens is 3. The number of aromatic nitrogens is 3. The predicted molar refractivity (Wildman–Crippen MR) is 179 cm³/mol. The predicted octanol–water partition coefficient (Wildman–Crippen LogP) is 8.42. The summed E-state index contributed by atoms with van der Waals surface area (Å²) in [6.45, 7) is 8.21. The number of ether oxygens (including phenoxy) is 2. The fraction of sp³-hybridized carbons (Fsp3) is 0.294. The van der Waals surface area contributed by atoms with Gasteiger partial charge >= 0.3 is 12.4 Å². The summed E-state index contributed by atoms with van der Waals surface area (Å²) in [6.07, 6.45) is -0.470. The Morgan fingerprint density at radius 2 is 1.79 bits per heavy atom. The number of anilines is 1. The van der Waals surface area contributed by atoms with Crippen molar-refractivity contribution >= 4 is 34.7 Å². The van der Waals surface area contributed by atoms with E-state index in [2.05, 4.69) is 50.8 Å². The van der Waals surface area contributed by atoms with Gasteiger partial charge in [0, 0.05) is 28.7 Å². The van der Waals surface area contributed by atoms with Crippen LogP contribution in [0.3, 0.4) is 0 Å². The Morgan fingerprint density at radius 3 is 2.45 bits per heavy atom. The van der Waals surface area contributed by atoms with Crippen molar-refractivity contribution in [3.05, 3.63) is 89.9 Å². The zero-order chi connectivity index (χ0) is 33.7. The number of methoxy groups -OCH3 is 1. The number of benzene rings is 3. The first-order valence-electron chi connectivity index (χ1n) is 15.0. The number of thioether (sulfide) groups is 1. The van der Waals surface area contributed by atoms with Crippen molar-refractivity contribution in [1.82, 2.24) is 20.1 Å². The maximum atomic E-state index is 13.1. The second-order valence-corrected chi connectivity index (χ2v) is 12.3. The molecule has 3 aromatic carbocycles. The van der Waals surface area contributed by atoms with Crippen LogP contribution in [-0.4, -0.2) is 51.2 Å². The molecule has 0 bridgehead atoms. The summed E-state index contributed by atoms with van der Waals surface area (Å²) in [5.74, 6) is 2.03. The molecule has 0 spiro atoms. The minimum atomic E-state index is -4.76. The van der Waals surface area contributed by atoms with Crippen molar-refractivity contribution < 1.29 is 27.4 Å². The minimum Gasteiger partial charge on any atom is -0.497 e. The molecule has 9 nitrogen and oxygen atoms in total. The van der Waals surface area contributed by atoms with Gasteiger partial charge in [0.2, 0.25) is 0 Å². The summed E-state index contributed by atoms with van der Waals surface area (Å²) in [4.78, 5) is 24.0. The lowest BCUT2D eigenvalue weighted by Gasteiger charge is -2.37. The number of rotatable bonds is 8. The van der Waals surface area contributed by atoms with Gasteiger partial charge in [0.25, 0.3) is 0 Å². The molecule has 0 radical (unpaired) electrons. The number of hydrogen-bond donors (Lipinski definition) is 1. The number of amidine groups is 1. The maximum Gasteiger partial charge on any atom is 0.573 e. The van der Waals surface area contributed by atoms with Gasteiger partial charge < -0.3 is 19.7 Å². The molecule has 1 saturated heterocycles. The van der Waals surface area contributed by atoms with E-state index in [0.717, 1.165) is 40.3 Å². The molecular formula is C34H35F3N6O3S. The first kappa shape index (κ1) is 33.6. The molecule has 0 saturated carbocycles. The van der Waals surface area contributed by atoms with E-state index in [1.807, 2.05) is 48.5 Å². The molecule has 1 fully saturated rings. The van der Waals surface area contributed by atoms with E-state index in [-0.39, 0.29) is 17.7 Å². The van der Waals surface area contributed by atoms with Crippen LogP contribution in [0, 0.1) is 0 Å². The summed E-state index contributed by atoms with van der Waals surface area (Å²) >= 11 is 1.57. The van der Waals surface area contributed by atoms with Gasteiger partial charge in [-0.3, -0.25) is 0 Å². The molecule has 4 aromatic rings. The maximum absolute atomic E-state index is 13.1. The molecule has 1 N–H and O–H groups in total. The normalized spacial score (nSPS) is 16.4. The number of carbonyl (C=O) groups excluding carboxylic acids is 1. The molecule has 0 aliphatic carbocycles. The third kappa shape index (κ3) is 8.53. The zero-order valence-corrected chi connectivity index (χ0v) is 27.4. The average molecular weight is 665 g/mol. The third-order valence-corrected chi connectivity index (χ3v) is 8.40. The molecule has 47 heavy (non-hydrogen) atoms. The summed E-state index contributed by atoms with van der Waals surface area (Å²) in [5.41, 5.74) is 4.89. The lowest BCUT2D eigenvalue weighted by Crippen LogP contribution is -2.42. The van der Waals surface area contributed by atoms with Crippen LogP contribution in [0.2, 0.25) is 0 Å². The van der Waals surface area contributed by atoms with Gasteiger partial charge in [-0.2, -0.15) is 4.99 Å². The standard InChI is InChI=1S/C34H35F3N6O3S/c1-21(2)29-19-28(45-5)14-15-30(29)43-23(4)16-17-47-33(43)40-32(44)39-22(3)18-24-6-8-25(9-7-24)31-38-20-42(41-31)26-10-12-27(13-11-26)46-34(35,36)37/h6-15,18-21,23H,16-17H2,1-5H3,(H,39,44)/b22-18+,40-33-. The number of nitrogens with zero attached hydrogens (tertiary/aromatic N) is 5. The highest BCUT2D eigenvalue weighted by Gasteiger charge is 2.31. The van der Waals surface area contributed by atoms with Crippen molar-refractivity contribution in [3.63, 3.8) is 0 Å². The Balaban J connectivity index is 1.26. The minimum absolute atomic E-state index is 0.170. The molecular weight excluding hydrogens is 629 g/mol. The number of nitrogens with one attached hydrogen (secondary N) is 1. The van der Waals surface area contributed by atoms with Crippen LogP contribution in [-0.2, 0) is 0 Å². The van der Waals surface area contributed by atoms with Crippen molar-refractivity contribution in [2.45, 2.75) is 52.4 Å². The van der Waals surface area contributed by atoms with Crippen LogP contribution < -0.4 is 19.7 Å². The van der Waals surface area contributed by atoms with E-state index < -0.39 is 12.4 Å². The fourth-order valence-corrected chi connectivity index (χ4v) is 6.30. The summed E-state index contributed by atoms with van der Waals surface area (Å²) in [5, 5.41) is 7.97. The van der Waals surface area contributed by atoms with Crippen molar-refractivity contribution in [3.8, 4) is 28.6 Å². The average Bonchev–Trinajstić information content (AvgIpc) is 3.51. The first-order valence-corrected chi connectivity index (χ1v) is 15.9. The van der Waals surface area contributed by atoms with Crippen LogP contribution in [0.1, 0.15) is 51.2 Å². The number of alkyl halides is 3. The Kier molecular flexibility index (Phi) is 10.2. The van der Waals surface area contributed by atoms with E-state index >= 15 is 0 Å². The molecule has 2 heterocycles. The quantitative estimate of drug-likeness (QED) is 0.202. The monoisotopic (exact) mass is 664 g/mol. The lowest BCUT2D eigenvalue weighted by atomic mass is 9.99. The highest BCUT2D eigenvalue weighted by atomic mass is 32.2. The van der Waals surface area contributed by atoms with Crippen molar-refractivity contribution in [2.75, 3.05) is 17.8 Å². The van der Waals surface area contributed by atoms with Gasteiger partial charge in [-0.15, -0.1) is 18.3 Å². The zero-order valence-electron chi connectivity index (χ0n) is 26.6. The number of aliphatic imine (C=N–C) groups is 1. The van der Waals surface area contributed by atoms with E-state index in [1.165, 1.54) is 35.3 Å². The molecule has 13 heteroatoms. The van der Waals surface area contributed by atoms with Gasteiger partial charge in [0.1, 0.15) is 17.8 Å². The number of hydrogen-bond acceptors (Lipinski definition) is 6. The van der Waals surface area contributed by atoms with E-state index in [1.54, 1.807) is 25.8 Å². The molecule has 1 aromatic heterocycles. The SMILES string of the molecule is COc1ccc(N2/C(=N/C(=O)N/C(C)=C/c3ccc(-c4ncn(-c5ccc(OC(F)(F)F)cc5)n4)cc3)SCCC2C)c(C(C)C)c1. The highest BCUT2D eigenvalue weighted by Crippen LogP contribution is 2.37. The smallest absolute Gasteiger partial charge is 0.497 e. The second-order valence-electron chi connectivity index (χ2n) is 11.3. The van der Waals surface area contributed by atoms with Gasteiger partial charge in [-0.25, -0.2) is 14.5 Å². The van der Waals surface area contributed by atoms with Gasteiger partial charge in [-0.1, -0.05) is 49.9 Å². The Morgan fingerprint density at radius 1 is 1.09 bits per heavy atom. The summed E-state index contributed by atoms with van der Waals surface area (Å²) < 4.78 is 48.2. The first-order chi connectivity index (χ1) is 22.4. The largest absolute Gasteiger partial charge is 0.573 e. The second kappa shape index (κ2) is 14.3. The topological polar surface area (TPSA) is 93.9 Å². The van der Waals surface area contributed by atoms with Crippen LogP contribution in [0.4, 0.5) is 23.7 Å². The Bertz CT molecular complexity index is 1770. The van der Waals surface area contributed by atoms with Crippen LogP contribution in [0.15, 0.2) is 83.7 Å². The van der Waals surface area contributed by atoms with Crippen LogP contribution >= 0.6 is 11.8 Å². The van der Waals surface area contributed by atoms with E-state index in [9.17, 15) is 18.0 Å². The fourth-order valence-electron chi connectivity index (χ4n) is 5.09. The van der Waals surface area contributed by atoms with Gasteiger partial charge in [0.05, 0.1) is 12.8 Å². The Hall–Kier alpha value is -4.78. The molecule has 1 aliphatic rings. The molecule has 1 atom stereocenters. The summed E-state index contributed by atoms with van der Waals surface area (Å²) in [7, 11) is 1.65. The Labute approximate surface area is 275 Å². The van der Waals surface area contributed by atoms with Crippen molar-refractivity contribution in [1.29, 1.82) is 0 Å². The molecule has 1 unspecified atom stereocenters. The third-order valence-electron chi connectivity index (χ3n) is 7.41. The van der Waals surface area contributed by atoms with Crippen LogP contribution in [0.25, 0.3) is 23.2 Å².